The van der Waals surface area contributed by atoms with Crippen molar-refractivity contribution in [1.29, 1.82) is 0 Å². The molecule has 4 atom stereocenters. The lowest BCUT2D eigenvalue weighted by atomic mass is 9.84. The van der Waals surface area contributed by atoms with Crippen LogP contribution in [0.15, 0.2) is 21.6 Å². The van der Waals surface area contributed by atoms with E-state index in [-0.39, 0.29) is 22.8 Å². The number of nitrogens with one attached hydrogen (secondary N) is 1. The zero-order valence-corrected chi connectivity index (χ0v) is 15.8. The molecule has 1 aliphatic heterocycles. The van der Waals surface area contributed by atoms with Crippen LogP contribution in [0.25, 0.3) is 0 Å². The molecule has 1 amide bonds. The van der Waals surface area contributed by atoms with Crippen molar-refractivity contribution in [3.8, 4) is 0 Å². The van der Waals surface area contributed by atoms with Crippen molar-refractivity contribution in [1.82, 2.24) is 9.62 Å². The average molecular weight is 382 g/mol. The molecule has 144 valence electrons. The van der Waals surface area contributed by atoms with Gasteiger partial charge in [-0.25, -0.2) is 8.42 Å². The highest BCUT2D eigenvalue weighted by Crippen LogP contribution is 2.49. The molecule has 1 aromatic rings. The quantitative estimate of drug-likeness (QED) is 0.840. The smallest absolute Gasteiger partial charge is 0.287 e. The zero-order valence-electron chi connectivity index (χ0n) is 15.0. The summed E-state index contributed by atoms with van der Waals surface area (Å²) in [7, 11) is -3.72. The van der Waals surface area contributed by atoms with Crippen LogP contribution in [0.5, 0.6) is 0 Å². The minimum absolute atomic E-state index is 0.0480. The van der Waals surface area contributed by atoms with Crippen molar-refractivity contribution < 1.29 is 22.4 Å². The lowest BCUT2D eigenvalue weighted by Crippen LogP contribution is -2.40. The highest BCUT2D eigenvalue weighted by molar-refractivity contribution is 7.89. The molecule has 0 spiro atoms. The minimum Gasteiger partial charge on any atom is -0.438 e. The summed E-state index contributed by atoms with van der Waals surface area (Å²) in [6, 6.07) is 2.88. The Balaban J connectivity index is 1.41. The maximum Gasteiger partial charge on any atom is 0.287 e. The van der Waals surface area contributed by atoms with Crippen LogP contribution in [0.1, 0.15) is 43.2 Å². The van der Waals surface area contributed by atoms with Crippen molar-refractivity contribution in [2.45, 2.75) is 43.7 Å². The third kappa shape index (κ3) is 3.30. The fourth-order valence-electron chi connectivity index (χ4n) is 4.79. The van der Waals surface area contributed by atoms with E-state index in [2.05, 4.69) is 5.32 Å². The highest BCUT2D eigenvalue weighted by Gasteiger charge is 2.42. The Labute approximate surface area is 154 Å². The van der Waals surface area contributed by atoms with Gasteiger partial charge in [-0.2, -0.15) is 4.31 Å². The molecule has 1 aromatic heterocycles. The number of sulfonamides is 1. The van der Waals surface area contributed by atoms with Gasteiger partial charge in [-0.1, -0.05) is 6.42 Å². The van der Waals surface area contributed by atoms with Gasteiger partial charge in [-0.15, -0.1) is 0 Å². The Kier molecular flexibility index (Phi) is 4.83. The SMILES string of the molecule is CC(NC(=O)c1ccc(S(=O)(=O)N2CCOCC2)o1)C1CC2CCC1C2. The third-order valence-electron chi connectivity index (χ3n) is 6.16. The molecule has 7 nitrogen and oxygen atoms in total. The van der Waals surface area contributed by atoms with E-state index in [0.29, 0.717) is 38.1 Å². The van der Waals surface area contributed by atoms with E-state index in [0.717, 1.165) is 5.92 Å². The van der Waals surface area contributed by atoms with E-state index in [9.17, 15) is 13.2 Å². The second kappa shape index (κ2) is 6.98. The van der Waals surface area contributed by atoms with Gasteiger partial charge >= 0.3 is 0 Å². The van der Waals surface area contributed by atoms with Gasteiger partial charge in [0.1, 0.15) is 0 Å². The number of carbonyl (C=O) groups excluding carboxylic acids is 1. The molecule has 1 N–H and O–H groups in total. The van der Waals surface area contributed by atoms with Crippen LogP contribution < -0.4 is 5.32 Å². The lowest BCUT2D eigenvalue weighted by Gasteiger charge is -2.28. The molecule has 3 fully saturated rings. The van der Waals surface area contributed by atoms with Crippen LogP contribution in [-0.4, -0.2) is 51.0 Å². The van der Waals surface area contributed by atoms with Crippen LogP contribution in [-0.2, 0) is 14.8 Å². The summed E-state index contributed by atoms with van der Waals surface area (Å²) in [6.07, 6.45) is 5.05. The largest absolute Gasteiger partial charge is 0.438 e. The Morgan fingerprint density at radius 1 is 1.23 bits per heavy atom. The summed E-state index contributed by atoms with van der Waals surface area (Å²) in [4.78, 5) is 12.5. The van der Waals surface area contributed by atoms with E-state index >= 15 is 0 Å². The maximum absolute atomic E-state index is 12.6. The predicted molar refractivity (Wildman–Crippen MR) is 94.2 cm³/mol. The number of fused-ring (bicyclic) bond motifs is 2. The number of ether oxygens (including phenoxy) is 1. The number of rotatable bonds is 5. The van der Waals surface area contributed by atoms with Gasteiger partial charge in [-0.05, 0) is 56.1 Å². The standard InChI is InChI=1S/C18H26N2O5S/c1-12(15-11-13-2-3-14(15)10-13)19-18(21)16-4-5-17(25-16)26(22,23)20-6-8-24-9-7-20/h4-5,12-15H,2-3,6-11H2,1H3,(H,19,21). The van der Waals surface area contributed by atoms with Crippen LogP contribution in [0.2, 0.25) is 0 Å². The first-order chi connectivity index (χ1) is 12.4. The van der Waals surface area contributed by atoms with Crippen molar-refractivity contribution >= 4 is 15.9 Å². The summed E-state index contributed by atoms with van der Waals surface area (Å²) in [5, 5.41) is 2.82. The van der Waals surface area contributed by atoms with Crippen LogP contribution in [0.3, 0.4) is 0 Å². The van der Waals surface area contributed by atoms with Crippen LogP contribution in [0.4, 0.5) is 0 Å². The van der Waals surface area contributed by atoms with Gasteiger partial charge in [0.2, 0.25) is 5.09 Å². The topological polar surface area (TPSA) is 88.9 Å². The van der Waals surface area contributed by atoms with Crippen molar-refractivity contribution in [2.24, 2.45) is 17.8 Å². The molecule has 2 bridgehead atoms. The Morgan fingerprint density at radius 2 is 2.00 bits per heavy atom. The number of hydrogen-bond donors (Lipinski definition) is 1. The van der Waals surface area contributed by atoms with Crippen LogP contribution in [0, 0.1) is 17.8 Å². The molecule has 4 unspecified atom stereocenters. The third-order valence-corrected chi connectivity index (χ3v) is 7.94. The van der Waals surface area contributed by atoms with Gasteiger partial charge < -0.3 is 14.5 Å². The molecule has 2 aliphatic carbocycles. The second-order valence-electron chi connectivity index (χ2n) is 7.74. The van der Waals surface area contributed by atoms with E-state index in [1.165, 1.54) is 42.1 Å². The van der Waals surface area contributed by atoms with E-state index < -0.39 is 10.0 Å². The second-order valence-corrected chi connectivity index (χ2v) is 9.60. The first-order valence-corrected chi connectivity index (χ1v) is 10.9. The minimum atomic E-state index is -3.72. The van der Waals surface area contributed by atoms with Crippen molar-refractivity contribution in [3.05, 3.63) is 17.9 Å². The number of hydrogen-bond acceptors (Lipinski definition) is 5. The summed E-state index contributed by atoms with van der Waals surface area (Å²) >= 11 is 0. The molecule has 0 aromatic carbocycles. The molecule has 4 rings (SSSR count). The normalized spacial score (nSPS) is 30.4. The van der Waals surface area contributed by atoms with E-state index in [4.69, 9.17) is 9.15 Å². The molecule has 2 saturated carbocycles. The first-order valence-electron chi connectivity index (χ1n) is 9.44. The molecule has 8 heteroatoms. The summed E-state index contributed by atoms with van der Waals surface area (Å²) in [5.74, 6) is 1.75. The lowest BCUT2D eigenvalue weighted by molar-refractivity contribution is 0.0722. The van der Waals surface area contributed by atoms with E-state index in [1.54, 1.807) is 0 Å². The average Bonchev–Trinajstić information content (AvgIpc) is 3.38. The molecular weight excluding hydrogens is 356 g/mol. The maximum atomic E-state index is 12.6. The fourth-order valence-corrected chi connectivity index (χ4v) is 6.11. The summed E-state index contributed by atoms with van der Waals surface area (Å²) < 4.78 is 37.1. The molecule has 1 saturated heterocycles. The Morgan fingerprint density at radius 3 is 2.65 bits per heavy atom. The highest BCUT2D eigenvalue weighted by atomic mass is 32.2. The zero-order chi connectivity index (χ0) is 18.3. The number of furan rings is 1. The number of nitrogens with zero attached hydrogens (tertiary/aromatic N) is 1. The van der Waals surface area contributed by atoms with Crippen molar-refractivity contribution in [3.63, 3.8) is 0 Å². The van der Waals surface area contributed by atoms with Crippen LogP contribution >= 0.6 is 0 Å². The number of carbonyl (C=O) groups is 1. The van der Waals surface area contributed by atoms with Gasteiger partial charge in [-0.3, -0.25) is 4.79 Å². The molecular formula is C18H26N2O5S. The van der Waals surface area contributed by atoms with Crippen molar-refractivity contribution in [2.75, 3.05) is 26.3 Å². The van der Waals surface area contributed by atoms with E-state index in [1.807, 2.05) is 6.92 Å². The van der Waals surface area contributed by atoms with Gasteiger partial charge in [0.05, 0.1) is 13.2 Å². The van der Waals surface area contributed by atoms with Gasteiger partial charge in [0, 0.05) is 19.1 Å². The number of morpholine rings is 1. The van der Waals surface area contributed by atoms with Gasteiger partial charge in [0.15, 0.2) is 5.76 Å². The first kappa shape index (κ1) is 18.0. The predicted octanol–water partition coefficient (Wildman–Crippen LogP) is 1.85. The van der Waals surface area contributed by atoms with Gasteiger partial charge in [0.25, 0.3) is 15.9 Å². The molecule has 2 heterocycles. The summed E-state index contributed by atoms with van der Waals surface area (Å²) in [6.45, 7) is 3.37. The molecule has 26 heavy (non-hydrogen) atoms. The molecule has 0 radical (unpaired) electrons. The fraction of sp³-hybridized carbons (Fsp3) is 0.722. The number of amides is 1. The Bertz CT molecular complexity index is 768. The molecule has 3 aliphatic rings. The Hall–Kier alpha value is -1.38. The summed E-state index contributed by atoms with van der Waals surface area (Å²) in [5.41, 5.74) is 0. The monoisotopic (exact) mass is 382 g/mol.